The molecule has 0 bridgehead atoms. The molecule has 27 heavy (non-hydrogen) atoms. The number of amides is 2. The molecule has 0 saturated carbocycles. The minimum atomic E-state index is -0.426. The molecule has 0 aliphatic carbocycles. The molecule has 3 heterocycles. The molecular formula is C21H29N3O3. The molecule has 2 amide bonds. The first-order valence-electron chi connectivity index (χ1n) is 10.2. The van der Waals surface area contributed by atoms with Crippen molar-refractivity contribution in [2.45, 2.75) is 63.2 Å². The highest BCUT2D eigenvalue weighted by molar-refractivity contribution is 6.02. The third kappa shape index (κ3) is 3.73. The summed E-state index contributed by atoms with van der Waals surface area (Å²) in [5.41, 5.74) is 0.899. The Morgan fingerprint density at radius 2 is 1.89 bits per heavy atom. The highest BCUT2D eigenvalue weighted by Gasteiger charge is 2.42. The van der Waals surface area contributed by atoms with Crippen LogP contribution in [0.3, 0.4) is 0 Å². The van der Waals surface area contributed by atoms with E-state index in [1.54, 1.807) is 0 Å². The predicted molar refractivity (Wildman–Crippen MR) is 104 cm³/mol. The lowest BCUT2D eigenvalue weighted by atomic mass is 10.1. The minimum absolute atomic E-state index is 0.00216. The number of hydrogen-bond acceptors (Lipinski definition) is 4. The maximum absolute atomic E-state index is 13.0. The average Bonchev–Trinajstić information content (AvgIpc) is 3.28. The second kappa shape index (κ2) is 7.98. The van der Waals surface area contributed by atoms with Gasteiger partial charge in [0, 0.05) is 31.0 Å². The molecule has 3 fully saturated rings. The molecule has 3 aliphatic rings. The monoisotopic (exact) mass is 371 g/mol. The number of rotatable bonds is 4. The van der Waals surface area contributed by atoms with Gasteiger partial charge in [0.15, 0.2) is 0 Å². The summed E-state index contributed by atoms with van der Waals surface area (Å²) in [4.78, 5) is 30.1. The van der Waals surface area contributed by atoms with Crippen molar-refractivity contribution < 1.29 is 14.3 Å². The van der Waals surface area contributed by atoms with E-state index in [4.69, 9.17) is 4.74 Å². The SMILES string of the molecule is C[C@@H]1C[C@@H](NC(=O)[C@H]2CCCN2C2CCOCC2)C(=O)N1c1ccccc1. The second-order valence-corrected chi connectivity index (χ2v) is 7.93. The normalized spacial score (nSPS) is 30.0. The summed E-state index contributed by atoms with van der Waals surface area (Å²) in [5, 5.41) is 3.07. The molecule has 6 nitrogen and oxygen atoms in total. The molecule has 3 saturated heterocycles. The number of ether oxygens (including phenoxy) is 1. The van der Waals surface area contributed by atoms with Gasteiger partial charge in [-0.05, 0) is 57.7 Å². The van der Waals surface area contributed by atoms with Crippen molar-refractivity contribution in [2.75, 3.05) is 24.7 Å². The van der Waals surface area contributed by atoms with Gasteiger partial charge in [0.05, 0.1) is 6.04 Å². The Hall–Kier alpha value is -1.92. The first-order chi connectivity index (χ1) is 13.1. The van der Waals surface area contributed by atoms with E-state index in [2.05, 4.69) is 10.2 Å². The van der Waals surface area contributed by atoms with E-state index in [0.717, 1.165) is 51.1 Å². The van der Waals surface area contributed by atoms with Crippen LogP contribution in [0, 0.1) is 0 Å². The summed E-state index contributed by atoms with van der Waals surface area (Å²) in [5.74, 6) is 0.0112. The van der Waals surface area contributed by atoms with E-state index < -0.39 is 6.04 Å². The van der Waals surface area contributed by atoms with Gasteiger partial charge < -0.3 is 15.0 Å². The van der Waals surface area contributed by atoms with Crippen LogP contribution in [0.4, 0.5) is 5.69 Å². The molecule has 146 valence electrons. The highest BCUT2D eigenvalue weighted by atomic mass is 16.5. The van der Waals surface area contributed by atoms with E-state index in [-0.39, 0.29) is 23.9 Å². The number of anilines is 1. The van der Waals surface area contributed by atoms with E-state index in [1.165, 1.54) is 0 Å². The molecule has 1 aromatic carbocycles. The Bertz CT molecular complexity index is 675. The zero-order valence-electron chi connectivity index (χ0n) is 16.0. The maximum atomic E-state index is 13.0. The van der Waals surface area contributed by atoms with Crippen LogP contribution in [0.5, 0.6) is 0 Å². The van der Waals surface area contributed by atoms with Crippen LogP contribution in [0.2, 0.25) is 0 Å². The number of benzene rings is 1. The first-order valence-corrected chi connectivity index (χ1v) is 10.2. The largest absolute Gasteiger partial charge is 0.381 e. The van der Waals surface area contributed by atoms with Gasteiger partial charge in [-0.15, -0.1) is 0 Å². The summed E-state index contributed by atoms with van der Waals surface area (Å²) < 4.78 is 5.46. The number of carbonyl (C=O) groups is 2. The zero-order valence-corrected chi connectivity index (χ0v) is 16.0. The first kappa shape index (κ1) is 18.4. The molecule has 0 aromatic heterocycles. The average molecular weight is 371 g/mol. The van der Waals surface area contributed by atoms with Gasteiger partial charge in [-0.3, -0.25) is 14.5 Å². The van der Waals surface area contributed by atoms with Gasteiger partial charge in [0.1, 0.15) is 6.04 Å². The fourth-order valence-electron chi connectivity index (χ4n) is 4.82. The smallest absolute Gasteiger partial charge is 0.249 e. The summed E-state index contributed by atoms with van der Waals surface area (Å²) in [7, 11) is 0. The maximum Gasteiger partial charge on any atom is 0.249 e. The second-order valence-electron chi connectivity index (χ2n) is 7.93. The van der Waals surface area contributed by atoms with Crippen LogP contribution in [0.15, 0.2) is 30.3 Å². The van der Waals surface area contributed by atoms with Crippen LogP contribution < -0.4 is 10.2 Å². The molecule has 3 aliphatic heterocycles. The van der Waals surface area contributed by atoms with Crippen LogP contribution in [-0.4, -0.2) is 60.6 Å². The lowest BCUT2D eigenvalue weighted by Crippen LogP contribution is -2.52. The van der Waals surface area contributed by atoms with Crippen molar-refractivity contribution >= 4 is 17.5 Å². The summed E-state index contributed by atoms with van der Waals surface area (Å²) in [6.45, 7) is 4.56. The van der Waals surface area contributed by atoms with E-state index in [9.17, 15) is 9.59 Å². The Morgan fingerprint density at radius 3 is 2.63 bits per heavy atom. The minimum Gasteiger partial charge on any atom is -0.381 e. The lowest BCUT2D eigenvalue weighted by Gasteiger charge is -2.35. The molecule has 0 radical (unpaired) electrons. The van der Waals surface area contributed by atoms with Gasteiger partial charge in [-0.25, -0.2) is 0 Å². The molecule has 6 heteroatoms. The standard InChI is InChI=1S/C21H29N3O3/c1-15-14-18(21(26)24(15)17-6-3-2-4-7-17)22-20(25)19-8-5-11-23(19)16-9-12-27-13-10-16/h2-4,6-7,15-16,18-19H,5,8-14H2,1H3,(H,22,25)/t15-,18-,19-/m1/s1. The number of nitrogens with one attached hydrogen (secondary N) is 1. The Morgan fingerprint density at radius 1 is 1.15 bits per heavy atom. The highest BCUT2D eigenvalue weighted by Crippen LogP contribution is 2.28. The lowest BCUT2D eigenvalue weighted by molar-refractivity contribution is -0.130. The zero-order chi connectivity index (χ0) is 18.8. The number of nitrogens with zero attached hydrogens (tertiary/aromatic N) is 2. The predicted octanol–water partition coefficient (Wildman–Crippen LogP) is 1.94. The van der Waals surface area contributed by atoms with E-state index in [0.29, 0.717) is 12.5 Å². The molecule has 0 spiro atoms. The van der Waals surface area contributed by atoms with Crippen LogP contribution in [0.1, 0.15) is 39.0 Å². The van der Waals surface area contributed by atoms with Crippen molar-refractivity contribution in [2.24, 2.45) is 0 Å². The fraction of sp³-hybridized carbons (Fsp3) is 0.619. The number of carbonyl (C=O) groups excluding carboxylic acids is 2. The third-order valence-corrected chi connectivity index (χ3v) is 6.16. The molecule has 1 aromatic rings. The van der Waals surface area contributed by atoms with E-state index in [1.807, 2.05) is 42.2 Å². The van der Waals surface area contributed by atoms with Gasteiger partial charge >= 0.3 is 0 Å². The van der Waals surface area contributed by atoms with Crippen molar-refractivity contribution in [3.05, 3.63) is 30.3 Å². The molecular weight excluding hydrogens is 342 g/mol. The quantitative estimate of drug-likeness (QED) is 0.879. The number of para-hydroxylation sites is 1. The van der Waals surface area contributed by atoms with Crippen LogP contribution in [-0.2, 0) is 14.3 Å². The van der Waals surface area contributed by atoms with Gasteiger partial charge in [0.25, 0.3) is 0 Å². The fourth-order valence-corrected chi connectivity index (χ4v) is 4.82. The molecule has 3 atom stereocenters. The van der Waals surface area contributed by atoms with Crippen molar-refractivity contribution in [3.63, 3.8) is 0 Å². The number of likely N-dealkylation sites (tertiary alicyclic amines) is 1. The van der Waals surface area contributed by atoms with Crippen molar-refractivity contribution in [3.8, 4) is 0 Å². The van der Waals surface area contributed by atoms with Gasteiger partial charge in [-0.2, -0.15) is 0 Å². The molecule has 1 N–H and O–H groups in total. The van der Waals surface area contributed by atoms with E-state index >= 15 is 0 Å². The van der Waals surface area contributed by atoms with Gasteiger partial charge in [-0.1, -0.05) is 18.2 Å². The summed E-state index contributed by atoms with van der Waals surface area (Å²) >= 11 is 0. The van der Waals surface area contributed by atoms with Crippen LogP contribution in [0.25, 0.3) is 0 Å². The Labute approximate surface area is 160 Å². The topological polar surface area (TPSA) is 61.9 Å². The summed E-state index contributed by atoms with van der Waals surface area (Å²) in [6, 6.07) is 9.68. The third-order valence-electron chi connectivity index (χ3n) is 6.16. The Balaban J connectivity index is 1.41. The molecule has 0 unspecified atom stereocenters. The van der Waals surface area contributed by atoms with Crippen molar-refractivity contribution in [1.82, 2.24) is 10.2 Å². The van der Waals surface area contributed by atoms with Gasteiger partial charge in [0.2, 0.25) is 11.8 Å². The van der Waals surface area contributed by atoms with Crippen LogP contribution >= 0.6 is 0 Å². The van der Waals surface area contributed by atoms with Crippen molar-refractivity contribution in [1.29, 1.82) is 0 Å². The summed E-state index contributed by atoms with van der Waals surface area (Å²) in [6.07, 6.45) is 4.56. The number of hydrogen-bond donors (Lipinski definition) is 1. The Kier molecular flexibility index (Phi) is 5.45. The molecule has 4 rings (SSSR count).